The third-order valence-corrected chi connectivity index (χ3v) is 3.71. The monoisotopic (exact) mass is 325 g/mol. The first-order valence-corrected chi connectivity index (χ1v) is 7.78. The van der Waals surface area contributed by atoms with Gasteiger partial charge in [0.15, 0.2) is 5.82 Å². The van der Waals surface area contributed by atoms with E-state index < -0.39 is 0 Å². The van der Waals surface area contributed by atoms with Gasteiger partial charge >= 0.3 is 0 Å². The summed E-state index contributed by atoms with van der Waals surface area (Å²) in [5.41, 5.74) is 1.46. The van der Waals surface area contributed by atoms with Crippen LogP contribution in [0.15, 0.2) is 51.8 Å². The third kappa shape index (κ3) is 3.75. The molecule has 0 bridgehead atoms. The normalized spacial score (nSPS) is 12.2. The van der Waals surface area contributed by atoms with Crippen molar-refractivity contribution in [2.24, 2.45) is 0 Å². The Bertz CT molecular complexity index is 857. The van der Waals surface area contributed by atoms with Crippen molar-refractivity contribution in [2.75, 3.05) is 7.05 Å². The van der Waals surface area contributed by atoms with E-state index in [-0.39, 0.29) is 18.1 Å². The highest BCUT2D eigenvalue weighted by molar-refractivity contribution is 5.57. The van der Waals surface area contributed by atoms with Crippen molar-refractivity contribution in [3.8, 4) is 11.3 Å². The Morgan fingerprint density at radius 1 is 1.21 bits per heavy atom. The first-order chi connectivity index (χ1) is 11.7. The van der Waals surface area contributed by atoms with Gasteiger partial charge in [-0.1, -0.05) is 35.5 Å². The van der Waals surface area contributed by atoms with E-state index in [2.05, 4.69) is 20.6 Å². The maximum atomic E-state index is 12.0. The fraction of sp³-hybridized carbons (Fsp3) is 0.294. The lowest BCUT2D eigenvalue weighted by atomic mass is 10.1. The average molecular weight is 325 g/mol. The summed E-state index contributed by atoms with van der Waals surface area (Å²) >= 11 is 0. The Morgan fingerprint density at radius 3 is 2.75 bits per heavy atom. The molecule has 0 radical (unpaired) electrons. The molecule has 0 aliphatic carbocycles. The zero-order chi connectivity index (χ0) is 16.9. The number of aromatic nitrogens is 4. The molecule has 0 saturated heterocycles. The fourth-order valence-electron chi connectivity index (χ4n) is 2.27. The largest absolute Gasteiger partial charge is 0.337 e. The second kappa shape index (κ2) is 7.18. The van der Waals surface area contributed by atoms with Crippen LogP contribution in [0.25, 0.3) is 11.3 Å². The van der Waals surface area contributed by atoms with Gasteiger partial charge < -0.3 is 9.84 Å². The lowest BCUT2D eigenvalue weighted by Gasteiger charge is -2.05. The zero-order valence-corrected chi connectivity index (χ0v) is 13.6. The summed E-state index contributed by atoms with van der Waals surface area (Å²) in [6.07, 6.45) is 0.659. The SMILES string of the molecule is CNC(C)Cc1noc(Cn2nc(-c3ccccc3)ccc2=O)n1. The summed E-state index contributed by atoms with van der Waals surface area (Å²) in [5.74, 6) is 0.979. The quantitative estimate of drug-likeness (QED) is 0.739. The van der Waals surface area contributed by atoms with E-state index in [1.165, 1.54) is 10.7 Å². The molecule has 2 heterocycles. The summed E-state index contributed by atoms with van der Waals surface area (Å²) < 4.78 is 6.56. The van der Waals surface area contributed by atoms with Crippen LogP contribution in [0.2, 0.25) is 0 Å². The Balaban J connectivity index is 1.81. The number of likely N-dealkylation sites (N-methyl/N-ethyl adjacent to an activating group) is 1. The van der Waals surface area contributed by atoms with E-state index in [4.69, 9.17) is 4.52 Å². The van der Waals surface area contributed by atoms with E-state index >= 15 is 0 Å². The summed E-state index contributed by atoms with van der Waals surface area (Å²) in [6.45, 7) is 2.19. The van der Waals surface area contributed by atoms with Gasteiger partial charge in [-0.05, 0) is 20.0 Å². The van der Waals surface area contributed by atoms with Gasteiger partial charge in [0.25, 0.3) is 5.56 Å². The minimum Gasteiger partial charge on any atom is -0.337 e. The second-order valence-electron chi connectivity index (χ2n) is 5.58. The predicted molar refractivity (Wildman–Crippen MR) is 89.6 cm³/mol. The van der Waals surface area contributed by atoms with Crippen molar-refractivity contribution in [2.45, 2.75) is 25.9 Å². The molecular formula is C17H19N5O2. The number of hydrogen-bond acceptors (Lipinski definition) is 6. The molecule has 0 aliphatic heterocycles. The molecule has 24 heavy (non-hydrogen) atoms. The van der Waals surface area contributed by atoms with Crippen molar-refractivity contribution < 1.29 is 4.52 Å². The number of nitrogens with zero attached hydrogens (tertiary/aromatic N) is 4. The van der Waals surface area contributed by atoms with E-state index in [9.17, 15) is 4.79 Å². The summed E-state index contributed by atoms with van der Waals surface area (Å²) in [5, 5.41) is 11.4. The van der Waals surface area contributed by atoms with Crippen LogP contribution in [-0.2, 0) is 13.0 Å². The topological polar surface area (TPSA) is 85.8 Å². The maximum absolute atomic E-state index is 12.0. The van der Waals surface area contributed by atoms with Crippen molar-refractivity contribution in [3.63, 3.8) is 0 Å². The van der Waals surface area contributed by atoms with Crippen LogP contribution in [0, 0.1) is 0 Å². The summed E-state index contributed by atoms with van der Waals surface area (Å²) in [4.78, 5) is 16.4. The minimum atomic E-state index is -0.210. The van der Waals surface area contributed by atoms with Gasteiger partial charge in [0.1, 0.15) is 6.54 Å². The highest BCUT2D eigenvalue weighted by Crippen LogP contribution is 2.14. The Morgan fingerprint density at radius 2 is 2.00 bits per heavy atom. The van der Waals surface area contributed by atoms with Gasteiger partial charge in [0, 0.05) is 24.1 Å². The van der Waals surface area contributed by atoms with Crippen LogP contribution in [0.4, 0.5) is 0 Å². The molecule has 1 N–H and O–H groups in total. The van der Waals surface area contributed by atoms with Crippen molar-refractivity contribution >= 4 is 0 Å². The lowest BCUT2D eigenvalue weighted by molar-refractivity contribution is 0.357. The molecule has 1 unspecified atom stereocenters. The molecular weight excluding hydrogens is 306 g/mol. The average Bonchev–Trinajstić information content (AvgIpc) is 3.04. The molecule has 0 aliphatic rings. The molecule has 3 aromatic rings. The Kier molecular flexibility index (Phi) is 4.81. The smallest absolute Gasteiger partial charge is 0.267 e. The van der Waals surface area contributed by atoms with Gasteiger partial charge in [-0.15, -0.1) is 0 Å². The first kappa shape index (κ1) is 16.1. The standard InChI is InChI=1S/C17H19N5O2/c1-12(18-2)10-15-19-16(24-21-15)11-22-17(23)9-8-14(20-22)13-6-4-3-5-7-13/h3-9,12,18H,10-11H2,1-2H3. The number of rotatable bonds is 6. The van der Waals surface area contributed by atoms with Gasteiger partial charge in [-0.25, -0.2) is 4.68 Å². The van der Waals surface area contributed by atoms with Crippen LogP contribution < -0.4 is 10.9 Å². The molecule has 0 saturated carbocycles. The second-order valence-corrected chi connectivity index (χ2v) is 5.58. The molecule has 1 aromatic carbocycles. The molecule has 0 fully saturated rings. The van der Waals surface area contributed by atoms with Crippen molar-refractivity contribution in [1.82, 2.24) is 25.2 Å². The van der Waals surface area contributed by atoms with Crippen LogP contribution in [0.3, 0.4) is 0 Å². The molecule has 7 nitrogen and oxygen atoms in total. The summed E-state index contributed by atoms with van der Waals surface area (Å²) in [6, 6.07) is 13.1. The Hall–Kier alpha value is -2.80. The van der Waals surface area contributed by atoms with Gasteiger partial charge in [0.05, 0.1) is 5.69 Å². The maximum Gasteiger partial charge on any atom is 0.267 e. The predicted octanol–water partition coefficient (Wildman–Crippen LogP) is 1.49. The van der Waals surface area contributed by atoms with Crippen molar-refractivity contribution in [3.05, 3.63) is 64.5 Å². The van der Waals surface area contributed by atoms with E-state index in [0.29, 0.717) is 18.1 Å². The third-order valence-electron chi connectivity index (χ3n) is 3.71. The van der Waals surface area contributed by atoms with Crippen LogP contribution >= 0.6 is 0 Å². The van der Waals surface area contributed by atoms with E-state index in [0.717, 1.165) is 11.3 Å². The molecule has 3 rings (SSSR count). The van der Waals surface area contributed by atoms with E-state index in [1.54, 1.807) is 6.07 Å². The fourth-order valence-corrected chi connectivity index (χ4v) is 2.27. The van der Waals surface area contributed by atoms with Crippen molar-refractivity contribution in [1.29, 1.82) is 0 Å². The van der Waals surface area contributed by atoms with Gasteiger partial charge in [0.2, 0.25) is 5.89 Å². The van der Waals surface area contributed by atoms with Gasteiger partial charge in [-0.2, -0.15) is 10.1 Å². The lowest BCUT2D eigenvalue weighted by Crippen LogP contribution is -2.24. The molecule has 7 heteroatoms. The molecule has 124 valence electrons. The number of nitrogens with one attached hydrogen (secondary N) is 1. The highest BCUT2D eigenvalue weighted by Gasteiger charge is 2.11. The zero-order valence-electron chi connectivity index (χ0n) is 13.6. The van der Waals surface area contributed by atoms with E-state index in [1.807, 2.05) is 44.3 Å². The highest BCUT2D eigenvalue weighted by atomic mass is 16.5. The molecule has 2 aromatic heterocycles. The summed E-state index contributed by atoms with van der Waals surface area (Å²) in [7, 11) is 1.88. The first-order valence-electron chi connectivity index (χ1n) is 7.78. The van der Waals surface area contributed by atoms with Gasteiger partial charge in [-0.3, -0.25) is 4.79 Å². The molecule has 0 spiro atoms. The Labute approximate surface area is 139 Å². The molecule has 0 amide bonds. The number of hydrogen-bond donors (Lipinski definition) is 1. The van der Waals surface area contributed by atoms with Crippen LogP contribution in [0.5, 0.6) is 0 Å². The minimum absolute atomic E-state index is 0.153. The van der Waals surface area contributed by atoms with Crippen LogP contribution in [0.1, 0.15) is 18.6 Å². The molecule has 1 atom stereocenters. The number of benzene rings is 1. The van der Waals surface area contributed by atoms with Crippen LogP contribution in [-0.4, -0.2) is 33.0 Å².